The van der Waals surface area contributed by atoms with Crippen molar-refractivity contribution >= 4 is 27.6 Å². The molecule has 0 atom stereocenters. The van der Waals surface area contributed by atoms with Gasteiger partial charge in [0.2, 0.25) is 10.0 Å². The number of pyridine rings is 1. The van der Waals surface area contributed by atoms with Crippen LogP contribution in [0.25, 0.3) is 0 Å². The van der Waals surface area contributed by atoms with Crippen LogP contribution in [0, 0.1) is 0 Å². The van der Waals surface area contributed by atoms with Crippen LogP contribution in [0.3, 0.4) is 0 Å². The van der Waals surface area contributed by atoms with E-state index in [0.29, 0.717) is 12.2 Å². The molecule has 10 nitrogen and oxygen atoms in total. The molecule has 5 N–H and O–H groups in total. The van der Waals surface area contributed by atoms with Gasteiger partial charge in [0, 0.05) is 44.4 Å². The summed E-state index contributed by atoms with van der Waals surface area (Å²) in [5.74, 6) is -0.453. The lowest BCUT2D eigenvalue weighted by Crippen LogP contribution is -2.28. The molecular weight excluding hydrogens is 420 g/mol. The Bertz CT molecular complexity index is 1190. The third-order valence-corrected chi connectivity index (χ3v) is 5.26. The summed E-state index contributed by atoms with van der Waals surface area (Å²) in [4.78, 5) is 28.3. The molecule has 162 valence electrons. The second-order valence-corrected chi connectivity index (χ2v) is 8.32. The van der Waals surface area contributed by atoms with Gasteiger partial charge >= 0.3 is 6.03 Å². The van der Waals surface area contributed by atoms with Gasteiger partial charge in [-0.25, -0.2) is 18.4 Å². The lowest BCUT2D eigenvalue weighted by molar-refractivity contribution is 0.0942. The molecule has 0 unspecified atom stereocenters. The molecule has 0 fully saturated rings. The molecule has 31 heavy (non-hydrogen) atoms. The topological polar surface area (TPSA) is 148 Å². The largest absolute Gasteiger partial charge is 0.347 e. The fourth-order valence-electron chi connectivity index (χ4n) is 2.81. The van der Waals surface area contributed by atoms with E-state index in [-0.39, 0.29) is 23.2 Å². The normalized spacial score (nSPS) is 11.0. The number of urea groups is 1. The van der Waals surface area contributed by atoms with Crippen LogP contribution in [0.1, 0.15) is 21.6 Å². The fraction of sp³-hybridized carbons (Fsp3) is 0.150. The molecule has 0 aliphatic heterocycles. The average Bonchev–Trinajstić information content (AvgIpc) is 3.14. The molecule has 11 heteroatoms. The number of nitrogens with one attached hydrogen (secondary N) is 3. The number of aryl methyl sites for hydroxylation is 1. The van der Waals surface area contributed by atoms with E-state index in [4.69, 9.17) is 5.14 Å². The summed E-state index contributed by atoms with van der Waals surface area (Å²) >= 11 is 0. The smallest absolute Gasteiger partial charge is 0.319 e. The van der Waals surface area contributed by atoms with Gasteiger partial charge in [-0.2, -0.15) is 0 Å². The Hall–Kier alpha value is -3.70. The zero-order chi connectivity index (χ0) is 22.4. The number of hydrogen-bond acceptors (Lipinski definition) is 5. The maximum atomic E-state index is 12.4. The van der Waals surface area contributed by atoms with E-state index < -0.39 is 15.9 Å². The SMILES string of the molecule is Cn1cc(S(N)(=O)=O)cc1C(=O)NCc1cccc(NC(=O)NCc2ccncc2)c1. The van der Waals surface area contributed by atoms with Gasteiger partial charge in [-0.1, -0.05) is 12.1 Å². The van der Waals surface area contributed by atoms with E-state index in [1.807, 2.05) is 12.1 Å². The van der Waals surface area contributed by atoms with Crippen LogP contribution >= 0.6 is 0 Å². The molecule has 0 spiro atoms. The second kappa shape index (κ2) is 9.41. The van der Waals surface area contributed by atoms with Crippen molar-refractivity contribution in [3.05, 3.63) is 77.9 Å². The monoisotopic (exact) mass is 442 g/mol. The minimum absolute atomic E-state index is 0.135. The first-order valence-electron chi connectivity index (χ1n) is 9.22. The number of rotatable bonds is 7. The van der Waals surface area contributed by atoms with E-state index >= 15 is 0 Å². The number of nitrogens with two attached hydrogens (primary N) is 1. The molecule has 0 saturated heterocycles. The molecule has 0 aliphatic rings. The minimum atomic E-state index is -3.89. The van der Waals surface area contributed by atoms with Gasteiger partial charge < -0.3 is 20.5 Å². The summed E-state index contributed by atoms with van der Waals surface area (Å²) in [6.07, 6.45) is 4.58. The zero-order valence-corrected chi connectivity index (χ0v) is 17.5. The van der Waals surface area contributed by atoms with Gasteiger partial charge in [0.05, 0.1) is 0 Å². The average molecular weight is 443 g/mol. The number of carbonyl (C=O) groups excluding carboxylic acids is 2. The highest BCUT2D eigenvalue weighted by atomic mass is 32.2. The van der Waals surface area contributed by atoms with E-state index in [1.54, 1.807) is 43.7 Å². The summed E-state index contributed by atoms with van der Waals surface area (Å²) in [5, 5.41) is 13.3. The Labute approximate surface area is 179 Å². The first-order chi connectivity index (χ1) is 14.7. The van der Waals surface area contributed by atoms with Crippen molar-refractivity contribution < 1.29 is 18.0 Å². The Morgan fingerprint density at radius 2 is 1.74 bits per heavy atom. The molecule has 0 saturated carbocycles. The highest BCUT2D eigenvalue weighted by Crippen LogP contribution is 2.13. The van der Waals surface area contributed by atoms with Gasteiger partial charge in [-0.05, 0) is 41.5 Å². The van der Waals surface area contributed by atoms with Crippen molar-refractivity contribution in [3.8, 4) is 0 Å². The van der Waals surface area contributed by atoms with Crippen LogP contribution in [-0.4, -0.2) is 29.9 Å². The number of nitrogens with zero attached hydrogens (tertiary/aromatic N) is 2. The maximum Gasteiger partial charge on any atom is 0.319 e. The third kappa shape index (κ3) is 6.14. The first-order valence-corrected chi connectivity index (χ1v) is 10.8. The predicted octanol–water partition coefficient (Wildman–Crippen LogP) is 1.32. The van der Waals surface area contributed by atoms with E-state index in [2.05, 4.69) is 20.9 Å². The van der Waals surface area contributed by atoms with Gasteiger partial charge in [0.15, 0.2) is 0 Å². The summed E-state index contributed by atoms with van der Waals surface area (Å²) in [7, 11) is -2.34. The number of amides is 3. The number of primary sulfonamides is 1. The van der Waals surface area contributed by atoms with E-state index in [0.717, 1.165) is 11.1 Å². The highest BCUT2D eigenvalue weighted by molar-refractivity contribution is 7.89. The molecule has 3 rings (SSSR count). The molecule has 2 aromatic heterocycles. The Balaban J connectivity index is 1.56. The van der Waals surface area contributed by atoms with Crippen LogP contribution in [0.15, 0.2) is 66.0 Å². The number of benzene rings is 1. The summed E-state index contributed by atoms with van der Waals surface area (Å²) in [6.45, 7) is 0.546. The number of anilines is 1. The van der Waals surface area contributed by atoms with Gasteiger partial charge in [-0.15, -0.1) is 0 Å². The standard InChI is InChI=1S/C20H22N6O4S/c1-26-13-17(31(21,29)30)10-18(26)19(27)23-12-15-3-2-4-16(9-15)25-20(28)24-11-14-5-7-22-8-6-14/h2-10,13H,11-12H2,1H3,(H,23,27)(H2,21,29,30)(H2,24,25,28). The Morgan fingerprint density at radius 3 is 2.42 bits per heavy atom. The van der Waals surface area contributed by atoms with Crippen molar-refractivity contribution in [1.29, 1.82) is 0 Å². The van der Waals surface area contributed by atoms with Crippen molar-refractivity contribution in [2.75, 3.05) is 5.32 Å². The summed E-state index contributed by atoms with van der Waals surface area (Å²) in [5.41, 5.74) is 2.40. The lowest BCUT2D eigenvalue weighted by Gasteiger charge is -2.10. The lowest BCUT2D eigenvalue weighted by atomic mass is 10.2. The van der Waals surface area contributed by atoms with Crippen molar-refractivity contribution in [3.63, 3.8) is 0 Å². The van der Waals surface area contributed by atoms with Crippen LogP contribution in [0.2, 0.25) is 0 Å². The van der Waals surface area contributed by atoms with E-state index in [9.17, 15) is 18.0 Å². The third-order valence-electron chi connectivity index (χ3n) is 4.38. The summed E-state index contributed by atoms with van der Waals surface area (Å²) < 4.78 is 24.3. The molecular formula is C20H22N6O4S. The summed E-state index contributed by atoms with van der Waals surface area (Å²) in [6, 6.07) is 11.5. The second-order valence-electron chi connectivity index (χ2n) is 6.76. The van der Waals surface area contributed by atoms with Crippen LogP contribution in [0.5, 0.6) is 0 Å². The predicted molar refractivity (Wildman–Crippen MR) is 114 cm³/mol. The van der Waals surface area contributed by atoms with Crippen LogP contribution < -0.4 is 21.1 Å². The molecule has 0 radical (unpaired) electrons. The molecule has 0 aliphatic carbocycles. The van der Waals surface area contributed by atoms with Crippen molar-refractivity contribution in [1.82, 2.24) is 20.2 Å². The number of aromatic nitrogens is 2. The number of hydrogen-bond donors (Lipinski definition) is 4. The van der Waals surface area contributed by atoms with Crippen molar-refractivity contribution in [2.24, 2.45) is 12.2 Å². The Kier molecular flexibility index (Phi) is 6.68. The first kappa shape index (κ1) is 22.0. The number of sulfonamides is 1. The van der Waals surface area contributed by atoms with Crippen molar-refractivity contribution in [2.45, 2.75) is 18.0 Å². The highest BCUT2D eigenvalue weighted by Gasteiger charge is 2.17. The maximum absolute atomic E-state index is 12.4. The molecule has 3 aromatic rings. The molecule has 2 heterocycles. The molecule has 0 bridgehead atoms. The molecule has 3 amide bonds. The van der Waals surface area contributed by atoms with Crippen LogP contribution in [-0.2, 0) is 30.2 Å². The molecule has 1 aromatic carbocycles. The zero-order valence-electron chi connectivity index (χ0n) is 16.7. The van der Waals surface area contributed by atoms with Gasteiger partial charge in [0.1, 0.15) is 10.6 Å². The Morgan fingerprint density at radius 1 is 1.03 bits per heavy atom. The van der Waals surface area contributed by atoms with E-state index in [1.165, 1.54) is 16.8 Å². The quantitative estimate of drug-likeness (QED) is 0.435. The van der Waals surface area contributed by atoms with Gasteiger partial charge in [0.25, 0.3) is 5.91 Å². The fourth-order valence-corrected chi connectivity index (χ4v) is 3.39. The minimum Gasteiger partial charge on any atom is -0.347 e. The van der Waals surface area contributed by atoms with Crippen LogP contribution in [0.4, 0.5) is 10.5 Å². The van der Waals surface area contributed by atoms with Gasteiger partial charge in [-0.3, -0.25) is 9.78 Å². The number of carbonyl (C=O) groups is 2.